The zero-order valence-corrected chi connectivity index (χ0v) is 18.1. The van der Waals surface area contributed by atoms with Crippen LogP contribution in [0.3, 0.4) is 0 Å². The molecule has 3 aromatic rings. The van der Waals surface area contributed by atoms with Gasteiger partial charge in [-0.1, -0.05) is 17.3 Å². The molecule has 7 heteroatoms. The minimum absolute atomic E-state index is 0.0964. The molecule has 1 aromatic carbocycles. The van der Waals surface area contributed by atoms with Crippen LogP contribution in [-0.4, -0.2) is 52.0 Å². The van der Waals surface area contributed by atoms with E-state index in [0.29, 0.717) is 24.5 Å². The van der Waals surface area contributed by atoms with Crippen molar-refractivity contribution in [1.29, 1.82) is 0 Å². The molecule has 3 heterocycles. The number of aromatic nitrogens is 2. The minimum Gasteiger partial charge on any atom is -0.486 e. The van der Waals surface area contributed by atoms with Crippen LogP contribution >= 0.6 is 0 Å². The van der Waals surface area contributed by atoms with Crippen molar-refractivity contribution in [3.63, 3.8) is 0 Å². The molecule has 1 amide bonds. The molecule has 0 aliphatic carbocycles. The van der Waals surface area contributed by atoms with Gasteiger partial charge in [0.15, 0.2) is 11.5 Å². The molecule has 162 valence electrons. The quantitative estimate of drug-likeness (QED) is 0.607. The summed E-state index contributed by atoms with van der Waals surface area (Å²) in [7, 11) is 0. The van der Waals surface area contributed by atoms with Gasteiger partial charge in [0.05, 0.1) is 5.69 Å². The summed E-state index contributed by atoms with van der Waals surface area (Å²) in [6.07, 6.45) is 2.73. The van der Waals surface area contributed by atoms with Gasteiger partial charge in [-0.3, -0.25) is 14.7 Å². The van der Waals surface area contributed by atoms with Gasteiger partial charge in [0, 0.05) is 45.0 Å². The number of amides is 1. The lowest BCUT2D eigenvalue weighted by Gasteiger charge is -2.21. The van der Waals surface area contributed by atoms with Gasteiger partial charge < -0.3 is 14.2 Å². The van der Waals surface area contributed by atoms with E-state index in [1.54, 1.807) is 6.07 Å². The summed E-state index contributed by atoms with van der Waals surface area (Å²) in [6.45, 7) is 8.26. The number of hydrogen-bond donors (Lipinski definition) is 0. The predicted molar refractivity (Wildman–Crippen MR) is 117 cm³/mol. The van der Waals surface area contributed by atoms with Gasteiger partial charge in [0.1, 0.15) is 12.4 Å². The number of carbonyl (C=O) groups is 1. The molecule has 0 radical (unpaired) electrons. The molecule has 0 spiro atoms. The third kappa shape index (κ3) is 5.49. The Morgan fingerprint density at radius 1 is 1.06 bits per heavy atom. The monoisotopic (exact) mass is 420 g/mol. The molecule has 1 aliphatic rings. The summed E-state index contributed by atoms with van der Waals surface area (Å²) in [5, 5.41) is 3.98. The van der Waals surface area contributed by atoms with E-state index >= 15 is 0 Å². The summed E-state index contributed by atoms with van der Waals surface area (Å²) >= 11 is 0. The largest absolute Gasteiger partial charge is 0.486 e. The summed E-state index contributed by atoms with van der Waals surface area (Å²) < 4.78 is 11.1. The van der Waals surface area contributed by atoms with Crippen LogP contribution in [0.5, 0.6) is 5.75 Å². The van der Waals surface area contributed by atoms with Gasteiger partial charge in [-0.15, -0.1) is 0 Å². The normalized spacial score (nSPS) is 15.0. The third-order valence-corrected chi connectivity index (χ3v) is 5.63. The Hall–Kier alpha value is -3.19. The highest BCUT2D eigenvalue weighted by atomic mass is 16.5. The maximum atomic E-state index is 12.9. The molecule has 0 N–H and O–H groups in total. The second kappa shape index (κ2) is 9.75. The molecule has 7 nitrogen and oxygen atoms in total. The van der Waals surface area contributed by atoms with Crippen molar-refractivity contribution < 1.29 is 14.1 Å². The lowest BCUT2D eigenvalue weighted by molar-refractivity contribution is 0.0750. The predicted octanol–water partition coefficient (Wildman–Crippen LogP) is 3.61. The van der Waals surface area contributed by atoms with Crippen LogP contribution in [0.15, 0.2) is 53.2 Å². The van der Waals surface area contributed by atoms with Gasteiger partial charge >= 0.3 is 0 Å². The Morgan fingerprint density at radius 2 is 1.97 bits per heavy atom. The van der Waals surface area contributed by atoms with Crippen LogP contribution in [0.4, 0.5) is 0 Å². The highest BCUT2D eigenvalue weighted by Gasteiger charge is 2.23. The number of hydrogen-bond acceptors (Lipinski definition) is 6. The number of rotatable bonds is 6. The molecule has 31 heavy (non-hydrogen) atoms. The van der Waals surface area contributed by atoms with Crippen LogP contribution < -0.4 is 4.74 Å². The highest BCUT2D eigenvalue weighted by molar-refractivity contribution is 5.92. The zero-order chi connectivity index (χ0) is 21.6. The topological polar surface area (TPSA) is 71.7 Å². The molecule has 2 aromatic heterocycles. The first-order chi connectivity index (χ1) is 15.1. The number of benzene rings is 1. The van der Waals surface area contributed by atoms with Crippen LogP contribution in [0.2, 0.25) is 0 Å². The molecule has 0 unspecified atom stereocenters. The van der Waals surface area contributed by atoms with Gasteiger partial charge in [-0.25, -0.2) is 0 Å². The molecule has 0 bridgehead atoms. The summed E-state index contributed by atoms with van der Waals surface area (Å²) in [4.78, 5) is 21.5. The molecule has 0 atom stereocenters. The van der Waals surface area contributed by atoms with E-state index in [0.717, 1.165) is 37.5 Å². The van der Waals surface area contributed by atoms with E-state index in [2.05, 4.69) is 22.0 Å². The molecular formula is C24H28N4O3. The van der Waals surface area contributed by atoms with Crippen molar-refractivity contribution >= 4 is 5.91 Å². The van der Waals surface area contributed by atoms with Gasteiger partial charge in [0.25, 0.3) is 5.91 Å². The van der Waals surface area contributed by atoms with E-state index in [9.17, 15) is 4.79 Å². The Bertz CT molecular complexity index is 1020. The first-order valence-corrected chi connectivity index (χ1v) is 10.7. The first-order valence-electron chi connectivity index (χ1n) is 10.7. The van der Waals surface area contributed by atoms with Crippen LogP contribution in [0.25, 0.3) is 0 Å². The van der Waals surface area contributed by atoms with Crippen molar-refractivity contribution in [2.45, 2.75) is 33.4 Å². The molecule has 0 saturated carbocycles. The smallest absolute Gasteiger partial charge is 0.276 e. The van der Waals surface area contributed by atoms with Crippen molar-refractivity contribution in [3.8, 4) is 5.75 Å². The average Bonchev–Trinajstić information content (AvgIpc) is 3.14. The maximum absolute atomic E-state index is 12.9. The number of pyridine rings is 1. The van der Waals surface area contributed by atoms with Crippen LogP contribution in [-0.2, 0) is 13.2 Å². The van der Waals surface area contributed by atoms with Crippen molar-refractivity contribution in [3.05, 3.63) is 76.9 Å². The van der Waals surface area contributed by atoms with Crippen LogP contribution in [0, 0.1) is 13.8 Å². The molecule has 4 rings (SSSR count). The summed E-state index contributed by atoms with van der Waals surface area (Å²) in [6, 6.07) is 13.6. The standard InChI is InChI=1S/C24H28N4O3/c1-18-7-8-21(14-19(18)2)30-17-22-15-23(26-31-22)24(29)28-11-5-10-27(12-13-28)16-20-6-3-4-9-25-20/h3-4,6-9,14-15H,5,10-13,16-17H2,1-2H3. The number of ether oxygens (including phenoxy) is 1. The fourth-order valence-corrected chi connectivity index (χ4v) is 3.65. The van der Waals surface area contributed by atoms with E-state index in [1.165, 1.54) is 11.1 Å². The van der Waals surface area contributed by atoms with Crippen molar-refractivity contribution in [2.24, 2.45) is 0 Å². The first kappa shape index (κ1) is 21.1. The van der Waals surface area contributed by atoms with Crippen LogP contribution in [0.1, 0.15) is 39.5 Å². The fraction of sp³-hybridized carbons (Fsp3) is 0.375. The third-order valence-electron chi connectivity index (χ3n) is 5.63. The number of aryl methyl sites for hydroxylation is 2. The second-order valence-corrected chi connectivity index (χ2v) is 7.96. The van der Waals surface area contributed by atoms with Crippen molar-refractivity contribution in [2.75, 3.05) is 26.2 Å². The molecule has 1 fully saturated rings. The number of carbonyl (C=O) groups excluding carboxylic acids is 1. The van der Waals surface area contributed by atoms with Crippen molar-refractivity contribution in [1.82, 2.24) is 19.9 Å². The Morgan fingerprint density at radius 3 is 2.77 bits per heavy atom. The van der Waals surface area contributed by atoms with E-state index < -0.39 is 0 Å². The van der Waals surface area contributed by atoms with Gasteiger partial charge in [0.2, 0.25) is 0 Å². The summed E-state index contributed by atoms with van der Waals surface area (Å²) in [5.74, 6) is 1.21. The van der Waals surface area contributed by atoms with Gasteiger partial charge in [-0.05, 0) is 55.7 Å². The van der Waals surface area contributed by atoms with E-state index in [4.69, 9.17) is 9.26 Å². The lowest BCUT2D eigenvalue weighted by atomic mass is 10.1. The average molecular weight is 421 g/mol. The molecule has 1 aliphatic heterocycles. The lowest BCUT2D eigenvalue weighted by Crippen LogP contribution is -2.35. The minimum atomic E-state index is -0.0964. The Kier molecular flexibility index (Phi) is 6.62. The number of nitrogens with zero attached hydrogens (tertiary/aromatic N) is 4. The molecular weight excluding hydrogens is 392 g/mol. The summed E-state index contributed by atoms with van der Waals surface area (Å²) in [5.41, 5.74) is 3.77. The fourth-order valence-electron chi connectivity index (χ4n) is 3.65. The maximum Gasteiger partial charge on any atom is 0.276 e. The second-order valence-electron chi connectivity index (χ2n) is 7.96. The van der Waals surface area contributed by atoms with E-state index in [-0.39, 0.29) is 12.5 Å². The Labute approximate surface area is 182 Å². The Balaban J connectivity index is 1.31. The highest BCUT2D eigenvalue weighted by Crippen LogP contribution is 2.18. The zero-order valence-electron chi connectivity index (χ0n) is 18.1. The van der Waals surface area contributed by atoms with Gasteiger partial charge in [-0.2, -0.15) is 0 Å². The molecule has 1 saturated heterocycles. The van der Waals surface area contributed by atoms with E-state index in [1.807, 2.05) is 54.4 Å². The SMILES string of the molecule is Cc1ccc(OCc2cc(C(=O)N3CCCN(Cc4ccccn4)CC3)no2)cc1C.